The Labute approximate surface area is 114 Å². The summed E-state index contributed by atoms with van der Waals surface area (Å²) < 4.78 is 27.2. The van der Waals surface area contributed by atoms with Gasteiger partial charge in [0.2, 0.25) is 0 Å². The van der Waals surface area contributed by atoms with Crippen molar-refractivity contribution in [3.8, 4) is 0 Å². The molecule has 1 aliphatic rings. The second-order valence-electron chi connectivity index (χ2n) is 5.48. The largest absolute Gasteiger partial charge is 0.396 e. The Kier molecular flexibility index (Phi) is 4.10. The third-order valence-corrected chi connectivity index (χ3v) is 5.47. The highest BCUT2D eigenvalue weighted by atomic mass is 32.2. The second-order valence-corrected chi connectivity index (χ2v) is 7.11. The Morgan fingerprint density at radius 2 is 2.05 bits per heavy atom. The van der Waals surface area contributed by atoms with Gasteiger partial charge >= 0.3 is 0 Å². The highest BCUT2D eigenvalue weighted by Gasteiger charge is 2.29. The van der Waals surface area contributed by atoms with Gasteiger partial charge in [-0.1, -0.05) is 13.8 Å². The molecule has 6 heteroatoms. The normalized spacial score (nSPS) is 28.2. The maximum Gasteiger partial charge on any atom is 0.260 e. The fraction of sp³-hybridized carbons (Fsp3) is 0.615. The molecule has 0 aromatic carbocycles. The average molecular weight is 283 g/mol. The van der Waals surface area contributed by atoms with Crippen molar-refractivity contribution in [2.24, 2.45) is 11.8 Å². The predicted octanol–water partition coefficient (Wildman–Crippen LogP) is 1.77. The predicted molar refractivity (Wildman–Crippen MR) is 74.9 cm³/mol. The van der Waals surface area contributed by atoms with Crippen LogP contribution in [-0.4, -0.2) is 19.4 Å². The van der Waals surface area contributed by atoms with Crippen LogP contribution in [0.1, 0.15) is 33.1 Å². The van der Waals surface area contributed by atoms with E-state index in [2.05, 4.69) is 23.6 Å². The molecule has 1 aliphatic carbocycles. The molecule has 1 aromatic heterocycles. The summed E-state index contributed by atoms with van der Waals surface area (Å²) >= 11 is 0. The summed E-state index contributed by atoms with van der Waals surface area (Å²) in [5.74, 6) is 1.18. The smallest absolute Gasteiger partial charge is 0.260 e. The molecule has 0 bridgehead atoms. The molecule has 1 heterocycles. The van der Waals surface area contributed by atoms with Crippen LogP contribution in [0.15, 0.2) is 23.4 Å². The molecule has 0 amide bonds. The number of rotatable bonds is 3. The molecule has 5 nitrogen and oxygen atoms in total. The van der Waals surface area contributed by atoms with Crippen molar-refractivity contribution >= 4 is 15.7 Å². The third-order valence-electron chi connectivity index (χ3n) is 3.98. The van der Waals surface area contributed by atoms with E-state index in [1.54, 1.807) is 12.1 Å². The minimum absolute atomic E-state index is 0.0161. The number of nitrogen functional groups attached to an aromatic ring is 1. The first-order chi connectivity index (χ1) is 8.90. The number of hydrogen-bond donors (Lipinski definition) is 2. The number of anilines is 1. The maximum absolute atomic E-state index is 12.3. The topological polar surface area (TPSA) is 85.1 Å². The Bertz CT molecular complexity index is 545. The van der Waals surface area contributed by atoms with Crippen molar-refractivity contribution in [1.82, 2.24) is 9.71 Å². The highest BCUT2D eigenvalue weighted by Crippen LogP contribution is 2.30. The van der Waals surface area contributed by atoms with E-state index in [0.29, 0.717) is 11.8 Å². The molecular weight excluding hydrogens is 262 g/mol. The number of pyridine rings is 1. The Morgan fingerprint density at radius 1 is 1.32 bits per heavy atom. The minimum atomic E-state index is -3.62. The molecule has 19 heavy (non-hydrogen) atoms. The van der Waals surface area contributed by atoms with Crippen molar-refractivity contribution in [2.75, 3.05) is 5.73 Å². The van der Waals surface area contributed by atoms with Crippen LogP contribution in [0.5, 0.6) is 0 Å². The van der Waals surface area contributed by atoms with Crippen molar-refractivity contribution in [1.29, 1.82) is 0 Å². The van der Waals surface area contributed by atoms with Crippen LogP contribution < -0.4 is 10.5 Å². The van der Waals surface area contributed by atoms with Gasteiger partial charge in [0.05, 0.1) is 5.69 Å². The average Bonchev–Trinajstić information content (AvgIpc) is 2.34. The van der Waals surface area contributed by atoms with Gasteiger partial charge in [-0.3, -0.25) is 0 Å². The summed E-state index contributed by atoms with van der Waals surface area (Å²) in [7, 11) is -3.62. The SMILES string of the molecule is CC1CCC(NS(=O)(=O)c2ncccc2N)CC1C. The van der Waals surface area contributed by atoms with Gasteiger partial charge in [0.15, 0.2) is 5.03 Å². The van der Waals surface area contributed by atoms with Crippen LogP contribution in [0.3, 0.4) is 0 Å². The molecule has 1 saturated carbocycles. The number of nitrogens with one attached hydrogen (secondary N) is 1. The molecule has 2 rings (SSSR count). The summed E-state index contributed by atoms with van der Waals surface area (Å²) in [6.45, 7) is 4.38. The van der Waals surface area contributed by atoms with E-state index in [0.717, 1.165) is 19.3 Å². The first-order valence-corrected chi connectivity index (χ1v) is 8.11. The van der Waals surface area contributed by atoms with Crippen LogP contribution >= 0.6 is 0 Å². The first-order valence-electron chi connectivity index (χ1n) is 6.63. The highest BCUT2D eigenvalue weighted by molar-refractivity contribution is 7.89. The zero-order valence-corrected chi connectivity index (χ0v) is 12.2. The van der Waals surface area contributed by atoms with Gasteiger partial charge in [0.25, 0.3) is 10.0 Å². The van der Waals surface area contributed by atoms with Gasteiger partial charge in [-0.2, -0.15) is 0 Å². The van der Waals surface area contributed by atoms with Crippen LogP contribution in [0.4, 0.5) is 5.69 Å². The fourth-order valence-electron chi connectivity index (χ4n) is 2.56. The minimum Gasteiger partial charge on any atom is -0.396 e. The van der Waals surface area contributed by atoms with E-state index in [1.165, 1.54) is 6.20 Å². The number of sulfonamides is 1. The number of nitrogens with zero attached hydrogens (tertiary/aromatic N) is 1. The number of nitrogens with two attached hydrogens (primary N) is 1. The fourth-order valence-corrected chi connectivity index (χ4v) is 3.90. The lowest BCUT2D eigenvalue weighted by Gasteiger charge is -2.32. The van der Waals surface area contributed by atoms with Crippen molar-refractivity contribution < 1.29 is 8.42 Å². The van der Waals surface area contributed by atoms with Crippen LogP contribution in [0.25, 0.3) is 0 Å². The molecule has 3 unspecified atom stereocenters. The molecule has 3 atom stereocenters. The monoisotopic (exact) mass is 283 g/mol. The standard InChI is InChI=1S/C13H21N3O2S/c1-9-5-6-11(8-10(9)2)16-19(17,18)13-12(14)4-3-7-15-13/h3-4,7,9-11,16H,5-6,8,14H2,1-2H3. The lowest BCUT2D eigenvalue weighted by atomic mass is 9.79. The van der Waals surface area contributed by atoms with Crippen molar-refractivity contribution in [2.45, 2.75) is 44.2 Å². The summed E-state index contributed by atoms with van der Waals surface area (Å²) in [5.41, 5.74) is 5.87. The molecule has 0 aliphatic heterocycles. The summed E-state index contributed by atoms with van der Waals surface area (Å²) in [6.07, 6.45) is 4.23. The van der Waals surface area contributed by atoms with Crippen LogP contribution in [0, 0.1) is 11.8 Å². The molecule has 3 N–H and O–H groups in total. The Morgan fingerprint density at radius 3 is 2.68 bits per heavy atom. The third kappa shape index (κ3) is 3.25. The molecule has 0 saturated heterocycles. The summed E-state index contributed by atoms with van der Waals surface area (Å²) in [5, 5.41) is -0.0683. The van der Waals surface area contributed by atoms with Gasteiger partial charge in [-0.05, 0) is 43.2 Å². The molecule has 106 valence electrons. The molecule has 1 aromatic rings. The molecular formula is C13H21N3O2S. The van der Waals surface area contributed by atoms with Gasteiger partial charge in [0.1, 0.15) is 0 Å². The summed E-state index contributed by atoms with van der Waals surface area (Å²) in [4.78, 5) is 3.87. The van der Waals surface area contributed by atoms with Crippen LogP contribution in [0.2, 0.25) is 0 Å². The quantitative estimate of drug-likeness (QED) is 0.885. The number of hydrogen-bond acceptors (Lipinski definition) is 4. The molecule has 0 spiro atoms. The van der Waals surface area contributed by atoms with Gasteiger partial charge in [-0.15, -0.1) is 0 Å². The lowest BCUT2D eigenvalue weighted by Crippen LogP contribution is -2.40. The molecule has 0 radical (unpaired) electrons. The van der Waals surface area contributed by atoms with Gasteiger partial charge in [0, 0.05) is 12.2 Å². The van der Waals surface area contributed by atoms with E-state index < -0.39 is 10.0 Å². The van der Waals surface area contributed by atoms with Crippen molar-refractivity contribution in [3.63, 3.8) is 0 Å². The van der Waals surface area contributed by atoms with E-state index in [4.69, 9.17) is 5.73 Å². The van der Waals surface area contributed by atoms with E-state index in [9.17, 15) is 8.42 Å². The zero-order chi connectivity index (χ0) is 14.0. The van der Waals surface area contributed by atoms with E-state index >= 15 is 0 Å². The summed E-state index contributed by atoms with van der Waals surface area (Å²) in [6, 6.07) is 3.16. The maximum atomic E-state index is 12.3. The second kappa shape index (κ2) is 5.46. The van der Waals surface area contributed by atoms with E-state index in [1.807, 2.05) is 0 Å². The van der Waals surface area contributed by atoms with Crippen LogP contribution in [-0.2, 0) is 10.0 Å². The lowest BCUT2D eigenvalue weighted by molar-refractivity contribution is 0.242. The number of aromatic nitrogens is 1. The van der Waals surface area contributed by atoms with Gasteiger partial charge in [-0.25, -0.2) is 18.1 Å². The van der Waals surface area contributed by atoms with Gasteiger partial charge < -0.3 is 5.73 Å². The Hall–Kier alpha value is -1.14. The van der Waals surface area contributed by atoms with Crippen molar-refractivity contribution in [3.05, 3.63) is 18.3 Å². The van der Waals surface area contributed by atoms with E-state index in [-0.39, 0.29) is 16.8 Å². The first kappa shape index (κ1) is 14.3. The molecule has 1 fully saturated rings. The Balaban J connectivity index is 2.12. The zero-order valence-electron chi connectivity index (χ0n) is 11.3.